The molecule has 1 N–H and O–H groups in total. The van der Waals surface area contributed by atoms with Crippen molar-refractivity contribution in [3.63, 3.8) is 0 Å². The first-order valence-corrected chi connectivity index (χ1v) is 13.0. The number of carbonyl (C=O) groups is 1. The van der Waals surface area contributed by atoms with Crippen LogP contribution in [-0.2, 0) is 22.9 Å². The van der Waals surface area contributed by atoms with Crippen LogP contribution in [-0.4, -0.2) is 30.5 Å². The van der Waals surface area contributed by atoms with Gasteiger partial charge in [-0.05, 0) is 54.8 Å². The van der Waals surface area contributed by atoms with Crippen molar-refractivity contribution in [2.24, 2.45) is 0 Å². The van der Waals surface area contributed by atoms with E-state index in [0.717, 1.165) is 22.9 Å². The van der Waals surface area contributed by atoms with E-state index in [1.54, 1.807) is 29.2 Å². The number of aryl methyl sites for hydroxylation is 2. The molecule has 0 aliphatic rings. The summed E-state index contributed by atoms with van der Waals surface area (Å²) in [5, 5.41) is 2.41. The second-order valence-electron chi connectivity index (χ2n) is 8.44. The van der Waals surface area contributed by atoms with E-state index in [2.05, 4.69) is 15.3 Å². The fourth-order valence-electron chi connectivity index (χ4n) is 3.75. The van der Waals surface area contributed by atoms with Gasteiger partial charge in [-0.3, -0.25) is 4.79 Å². The smallest absolute Gasteiger partial charge is 0.276 e. The fourth-order valence-corrected chi connectivity index (χ4v) is 4.25. The molecule has 0 aliphatic heterocycles. The maximum Gasteiger partial charge on any atom is 0.276 e. The maximum atomic E-state index is 13.5. The Bertz CT molecular complexity index is 1470. The van der Waals surface area contributed by atoms with Crippen LogP contribution in [0.2, 0.25) is 0 Å². The average molecular weight is 509 g/mol. The van der Waals surface area contributed by atoms with Crippen LogP contribution in [0.1, 0.15) is 32.9 Å². The summed E-state index contributed by atoms with van der Waals surface area (Å²) in [4.78, 5) is 23.5. The summed E-state index contributed by atoms with van der Waals surface area (Å²) in [6.45, 7) is 4.22. The van der Waals surface area contributed by atoms with Crippen molar-refractivity contribution in [1.29, 1.82) is 0 Å². The van der Waals surface area contributed by atoms with Crippen LogP contribution < -0.4 is 10.2 Å². The Morgan fingerprint density at radius 3 is 2.33 bits per heavy atom. The number of nitrogens with zero attached hydrogens (tertiary/aromatic N) is 3. The molecule has 0 saturated heterocycles. The first-order chi connectivity index (χ1) is 17.1. The molecule has 10 heteroatoms. The van der Waals surface area contributed by atoms with Gasteiger partial charge in [0.15, 0.2) is 5.69 Å². The summed E-state index contributed by atoms with van der Waals surface area (Å²) in [6.07, 6.45) is 3.83. The van der Waals surface area contributed by atoms with Crippen molar-refractivity contribution in [1.82, 2.24) is 9.97 Å². The number of rotatable bonds is 8. The molecule has 0 atom stereocenters. The molecule has 0 bridgehead atoms. The van der Waals surface area contributed by atoms with E-state index < -0.39 is 20.9 Å². The quantitative estimate of drug-likeness (QED) is 0.344. The van der Waals surface area contributed by atoms with Gasteiger partial charge in [-0.2, -0.15) is 0 Å². The standard InChI is InChI=1S/C26H25FN4O4S/c1-17-6-4-7-18(2)23(17)29-25(32)24-22(14-28-26(30-24)36(3,33)34)31(16-21-8-5-13-35-21)15-19-9-11-20(27)12-10-19/h4-14H,15-16H2,1-3H3,(H,29,32). The molecule has 2 aromatic heterocycles. The average Bonchev–Trinajstić information content (AvgIpc) is 3.34. The maximum absolute atomic E-state index is 13.5. The molecule has 36 heavy (non-hydrogen) atoms. The molecule has 0 radical (unpaired) electrons. The minimum absolute atomic E-state index is 0.109. The van der Waals surface area contributed by atoms with E-state index in [1.807, 2.05) is 32.0 Å². The van der Waals surface area contributed by atoms with E-state index in [1.165, 1.54) is 24.6 Å². The molecular weight excluding hydrogens is 483 g/mol. The second kappa shape index (κ2) is 10.3. The minimum atomic E-state index is -3.78. The highest BCUT2D eigenvalue weighted by Gasteiger charge is 2.25. The summed E-state index contributed by atoms with van der Waals surface area (Å²) in [5.74, 6) is -0.352. The van der Waals surface area contributed by atoms with Gasteiger partial charge >= 0.3 is 0 Å². The van der Waals surface area contributed by atoms with Gasteiger partial charge in [0.2, 0.25) is 15.0 Å². The fraction of sp³-hybridized carbons (Fsp3) is 0.192. The molecule has 2 aromatic carbocycles. The molecule has 0 saturated carbocycles. The lowest BCUT2D eigenvalue weighted by atomic mass is 10.1. The lowest BCUT2D eigenvalue weighted by Crippen LogP contribution is -2.27. The van der Waals surface area contributed by atoms with Crippen LogP contribution >= 0.6 is 0 Å². The van der Waals surface area contributed by atoms with Gasteiger partial charge in [0.05, 0.1) is 24.7 Å². The van der Waals surface area contributed by atoms with E-state index in [-0.39, 0.29) is 24.6 Å². The van der Waals surface area contributed by atoms with E-state index >= 15 is 0 Å². The Kier molecular flexibility index (Phi) is 7.16. The molecule has 186 valence electrons. The van der Waals surface area contributed by atoms with Gasteiger partial charge in [-0.15, -0.1) is 0 Å². The van der Waals surface area contributed by atoms with Crippen LogP contribution in [0.5, 0.6) is 0 Å². The third-order valence-electron chi connectivity index (χ3n) is 5.57. The van der Waals surface area contributed by atoms with Crippen molar-refractivity contribution in [2.75, 3.05) is 16.5 Å². The number of furan rings is 1. The zero-order valence-corrected chi connectivity index (χ0v) is 20.8. The van der Waals surface area contributed by atoms with Gasteiger partial charge in [0, 0.05) is 18.5 Å². The molecule has 1 amide bonds. The first-order valence-electron chi connectivity index (χ1n) is 11.1. The highest BCUT2D eigenvalue weighted by molar-refractivity contribution is 7.90. The Morgan fingerprint density at radius 2 is 1.72 bits per heavy atom. The normalized spacial score (nSPS) is 11.3. The number of carbonyl (C=O) groups excluding carboxylic acids is 1. The molecule has 8 nitrogen and oxygen atoms in total. The predicted octanol–water partition coefficient (Wildman–Crippen LogP) is 4.69. The SMILES string of the molecule is Cc1cccc(C)c1NC(=O)c1nc(S(C)(=O)=O)ncc1N(Cc1ccc(F)cc1)Cc1ccco1. The lowest BCUT2D eigenvalue weighted by molar-refractivity contribution is 0.102. The van der Waals surface area contributed by atoms with E-state index in [9.17, 15) is 17.6 Å². The summed E-state index contributed by atoms with van der Waals surface area (Å²) in [7, 11) is -3.78. The van der Waals surface area contributed by atoms with Crippen LogP contribution in [0.3, 0.4) is 0 Å². The highest BCUT2D eigenvalue weighted by atomic mass is 32.2. The number of aromatic nitrogens is 2. The molecule has 4 rings (SSSR count). The van der Waals surface area contributed by atoms with Crippen molar-refractivity contribution >= 4 is 27.1 Å². The number of amides is 1. The lowest BCUT2D eigenvalue weighted by Gasteiger charge is -2.25. The van der Waals surface area contributed by atoms with Crippen LogP contribution in [0, 0.1) is 19.7 Å². The molecule has 4 aromatic rings. The number of sulfone groups is 1. The van der Waals surface area contributed by atoms with Crippen LogP contribution in [0.4, 0.5) is 15.8 Å². The Balaban J connectivity index is 1.80. The van der Waals surface area contributed by atoms with Crippen LogP contribution in [0.25, 0.3) is 0 Å². The van der Waals surface area contributed by atoms with Gasteiger partial charge in [0.25, 0.3) is 5.91 Å². The Hall–Kier alpha value is -4.05. The van der Waals surface area contributed by atoms with Crippen molar-refractivity contribution in [3.8, 4) is 0 Å². The Labute approximate surface area is 208 Å². The topological polar surface area (TPSA) is 105 Å². The third-order valence-corrected chi connectivity index (χ3v) is 6.43. The second-order valence-corrected chi connectivity index (χ2v) is 10.4. The van der Waals surface area contributed by atoms with Gasteiger partial charge in [-0.1, -0.05) is 30.3 Å². The number of hydrogen-bond acceptors (Lipinski definition) is 7. The predicted molar refractivity (Wildman–Crippen MR) is 134 cm³/mol. The summed E-state index contributed by atoms with van der Waals surface area (Å²) >= 11 is 0. The largest absolute Gasteiger partial charge is 0.467 e. The van der Waals surface area contributed by atoms with Crippen molar-refractivity contribution in [3.05, 3.63) is 101 Å². The van der Waals surface area contributed by atoms with Gasteiger partial charge in [-0.25, -0.2) is 22.8 Å². The van der Waals surface area contributed by atoms with Gasteiger partial charge in [0.1, 0.15) is 11.6 Å². The van der Waals surface area contributed by atoms with Crippen LogP contribution in [0.15, 0.2) is 76.6 Å². The molecule has 0 spiro atoms. The molecule has 0 unspecified atom stereocenters. The Morgan fingerprint density at radius 1 is 1.03 bits per heavy atom. The number of halogens is 1. The first kappa shape index (κ1) is 25.1. The third kappa shape index (κ3) is 5.77. The van der Waals surface area contributed by atoms with Crippen molar-refractivity contribution < 1.29 is 22.0 Å². The zero-order valence-electron chi connectivity index (χ0n) is 20.0. The monoisotopic (exact) mass is 508 g/mol. The summed E-state index contributed by atoms with van der Waals surface area (Å²) in [6, 6.07) is 15.1. The van der Waals surface area contributed by atoms with E-state index in [4.69, 9.17) is 4.42 Å². The molecule has 0 aliphatic carbocycles. The molecule has 0 fully saturated rings. The number of benzene rings is 2. The minimum Gasteiger partial charge on any atom is -0.467 e. The van der Waals surface area contributed by atoms with Crippen molar-refractivity contribution in [2.45, 2.75) is 32.1 Å². The highest BCUT2D eigenvalue weighted by Crippen LogP contribution is 2.27. The van der Waals surface area contributed by atoms with Gasteiger partial charge < -0.3 is 14.6 Å². The number of nitrogens with one attached hydrogen (secondary N) is 1. The molecule has 2 heterocycles. The number of hydrogen-bond donors (Lipinski definition) is 1. The molecular formula is C26H25FN4O4S. The number of anilines is 2. The number of para-hydroxylation sites is 1. The zero-order chi connectivity index (χ0) is 25.9. The van der Waals surface area contributed by atoms with E-state index in [0.29, 0.717) is 17.1 Å². The summed E-state index contributed by atoms with van der Waals surface area (Å²) in [5.41, 5.74) is 3.26. The summed E-state index contributed by atoms with van der Waals surface area (Å²) < 4.78 is 43.4.